The number of nitrogens with zero attached hydrogens (tertiary/aromatic N) is 3. The van der Waals surface area contributed by atoms with Gasteiger partial charge in [-0.1, -0.05) is 11.6 Å². The van der Waals surface area contributed by atoms with E-state index in [9.17, 15) is 4.79 Å². The van der Waals surface area contributed by atoms with Crippen LogP contribution < -0.4 is 15.4 Å². The molecule has 92 valence electrons. The minimum Gasteiger partial charge on any atom is -0.490 e. The summed E-state index contributed by atoms with van der Waals surface area (Å²) in [6.07, 6.45) is 1.74. The number of halogens is 1. The number of carbonyl (C=O) groups excluding carboxylic acids is 1. The lowest BCUT2D eigenvalue weighted by Crippen LogP contribution is -2.27. The predicted molar refractivity (Wildman–Crippen MR) is 63.1 cm³/mol. The summed E-state index contributed by atoms with van der Waals surface area (Å²) in [5.74, 6) is 0.864. The van der Waals surface area contributed by atoms with Crippen LogP contribution in [0.25, 0.3) is 0 Å². The van der Waals surface area contributed by atoms with Gasteiger partial charge < -0.3 is 10.5 Å². The fraction of sp³-hybridized carbons (Fsp3) is 0.500. The first-order chi connectivity index (χ1) is 8.17. The molecule has 6 nitrogen and oxygen atoms in total. The van der Waals surface area contributed by atoms with Crippen molar-refractivity contribution in [3.8, 4) is 5.75 Å². The van der Waals surface area contributed by atoms with Crippen LogP contribution in [-0.4, -0.2) is 36.1 Å². The van der Waals surface area contributed by atoms with Crippen molar-refractivity contribution in [2.24, 2.45) is 11.7 Å². The number of ether oxygens (including phenoxy) is 1. The summed E-state index contributed by atoms with van der Waals surface area (Å²) in [4.78, 5) is 21.2. The average Bonchev–Trinajstić information content (AvgIpc) is 2.70. The molecule has 1 fully saturated rings. The number of nitrogens with two attached hydrogens (primary N) is 1. The van der Waals surface area contributed by atoms with Gasteiger partial charge in [0.25, 0.3) is 0 Å². The minimum absolute atomic E-state index is 0.0199. The number of carbonyl (C=O) groups is 1. The van der Waals surface area contributed by atoms with Gasteiger partial charge in [0, 0.05) is 13.0 Å². The molecule has 0 aromatic carbocycles. The largest absolute Gasteiger partial charge is 0.490 e. The summed E-state index contributed by atoms with van der Waals surface area (Å²) in [6.45, 7) is 1.02. The quantitative estimate of drug-likeness (QED) is 0.794. The van der Waals surface area contributed by atoms with Crippen LogP contribution in [-0.2, 0) is 4.79 Å². The Kier molecular flexibility index (Phi) is 3.44. The molecule has 7 heteroatoms. The smallest absolute Gasteiger partial charge is 0.228 e. The lowest BCUT2D eigenvalue weighted by atomic mass is 10.1. The predicted octanol–water partition coefficient (Wildman–Crippen LogP) is 0.450. The van der Waals surface area contributed by atoms with Crippen LogP contribution in [0.2, 0.25) is 5.15 Å². The van der Waals surface area contributed by atoms with E-state index in [2.05, 4.69) is 9.97 Å². The first kappa shape index (κ1) is 12.1. The van der Waals surface area contributed by atoms with Gasteiger partial charge >= 0.3 is 0 Å². The van der Waals surface area contributed by atoms with Gasteiger partial charge in [0.05, 0.1) is 7.11 Å². The molecule has 1 atom stereocenters. The lowest BCUT2D eigenvalue weighted by molar-refractivity contribution is -0.117. The number of hydrogen-bond acceptors (Lipinski definition) is 5. The van der Waals surface area contributed by atoms with Crippen molar-refractivity contribution < 1.29 is 9.53 Å². The fourth-order valence-corrected chi connectivity index (χ4v) is 2.06. The number of rotatable bonds is 3. The van der Waals surface area contributed by atoms with Crippen LogP contribution >= 0.6 is 11.6 Å². The molecule has 0 radical (unpaired) electrons. The van der Waals surface area contributed by atoms with Crippen LogP contribution in [0.1, 0.15) is 6.42 Å². The molecular weight excluding hydrogens is 244 g/mol. The number of amides is 1. The van der Waals surface area contributed by atoms with E-state index in [1.165, 1.54) is 13.4 Å². The molecule has 2 N–H and O–H groups in total. The Morgan fingerprint density at radius 2 is 2.41 bits per heavy atom. The third-order valence-corrected chi connectivity index (χ3v) is 3.01. The first-order valence-corrected chi connectivity index (χ1v) is 5.60. The van der Waals surface area contributed by atoms with Crippen molar-refractivity contribution in [2.75, 3.05) is 25.1 Å². The van der Waals surface area contributed by atoms with E-state index in [1.807, 2.05) is 0 Å². The van der Waals surface area contributed by atoms with E-state index in [0.29, 0.717) is 31.1 Å². The Balaban J connectivity index is 2.34. The second-order valence-corrected chi connectivity index (χ2v) is 4.19. The van der Waals surface area contributed by atoms with Crippen LogP contribution in [0.3, 0.4) is 0 Å². The summed E-state index contributed by atoms with van der Waals surface area (Å²) in [5.41, 5.74) is 5.57. The Morgan fingerprint density at radius 1 is 1.65 bits per heavy atom. The highest BCUT2D eigenvalue weighted by atomic mass is 35.5. The van der Waals surface area contributed by atoms with Crippen molar-refractivity contribution in [1.29, 1.82) is 0 Å². The highest BCUT2D eigenvalue weighted by molar-refractivity contribution is 6.31. The van der Waals surface area contributed by atoms with Crippen molar-refractivity contribution in [3.05, 3.63) is 11.5 Å². The zero-order valence-corrected chi connectivity index (χ0v) is 10.1. The zero-order chi connectivity index (χ0) is 12.4. The summed E-state index contributed by atoms with van der Waals surface area (Å²) < 4.78 is 5.12. The van der Waals surface area contributed by atoms with Gasteiger partial charge in [-0.05, 0) is 12.5 Å². The lowest BCUT2D eigenvalue weighted by Gasteiger charge is -2.18. The number of hydrogen-bond donors (Lipinski definition) is 1. The minimum atomic E-state index is -0.0199. The van der Waals surface area contributed by atoms with E-state index in [1.54, 1.807) is 4.90 Å². The average molecular weight is 257 g/mol. The summed E-state index contributed by atoms with van der Waals surface area (Å²) in [7, 11) is 1.47. The summed E-state index contributed by atoms with van der Waals surface area (Å²) >= 11 is 5.89. The van der Waals surface area contributed by atoms with Gasteiger partial charge in [-0.2, -0.15) is 0 Å². The normalized spacial score (nSPS) is 19.8. The third kappa shape index (κ3) is 2.18. The second-order valence-electron chi connectivity index (χ2n) is 3.83. The van der Waals surface area contributed by atoms with Gasteiger partial charge in [0.1, 0.15) is 6.33 Å². The molecule has 0 aliphatic carbocycles. The highest BCUT2D eigenvalue weighted by Crippen LogP contribution is 2.34. The molecule has 2 rings (SSSR count). The monoisotopic (exact) mass is 256 g/mol. The molecular formula is C10H13ClN4O2. The van der Waals surface area contributed by atoms with Crippen molar-refractivity contribution >= 4 is 23.3 Å². The molecule has 1 aliphatic heterocycles. The van der Waals surface area contributed by atoms with Crippen molar-refractivity contribution in [1.82, 2.24) is 9.97 Å². The molecule has 1 saturated heterocycles. The van der Waals surface area contributed by atoms with E-state index >= 15 is 0 Å². The molecule has 0 bridgehead atoms. The standard InChI is InChI=1S/C10H13ClN4O2/c1-17-8-9(11)13-5-14-10(8)15-4-6(3-12)2-7(15)16/h5-6H,2-4,12H2,1H3. The van der Waals surface area contributed by atoms with Crippen LogP contribution in [0.5, 0.6) is 5.75 Å². The topological polar surface area (TPSA) is 81.3 Å². The molecule has 1 aromatic heterocycles. The van der Waals surface area contributed by atoms with E-state index in [0.717, 1.165) is 0 Å². The summed E-state index contributed by atoms with van der Waals surface area (Å²) in [5, 5.41) is 0.196. The zero-order valence-electron chi connectivity index (χ0n) is 9.39. The van der Waals surface area contributed by atoms with Crippen LogP contribution in [0.4, 0.5) is 5.82 Å². The molecule has 1 unspecified atom stereocenters. The fourth-order valence-electron chi connectivity index (χ4n) is 1.86. The van der Waals surface area contributed by atoms with Gasteiger partial charge in [0.15, 0.2) is 16.7 Å². The highest BCUT2D eigenvalue weighted by Gasteiger charge is 2.32. The van der Waals surface area contributed by atoms with Crippen molar-refractivity contribution in [3.63, 3.8) is 0 Å². The van der Waals surface area contributed by atoms with Crippen LogP contribution in [0.15, 0.2) is 6.33 Å². The Hall–Kier alpha value is -1.40. The maximum atomic E-state index is 11.8. The summed E-state index contributed by atoms with van der Waals surface area (Å²) in [6, 6.07) is 0. The van der Waals surface area contributed by atoms with Gasteiger partial charge in [-0.3, -0.25) is 9.69 Å². The van der Waals surface area contributed by atoms with Crippen LogP contribution in [0, 0.1) is 5.92 Å². The van der Waals surface area contributed by atoms with Gasteiger partial charge in [-0.15, -0.1) is 0 Å². The molecule has 1 amide bonds. The van der Waals surface area contributed by atoms with E-state index in [4.69, 9.17) is 22.1 Å². The van der Waals surface area contributed by atoms with Gasteiger partial charge in [0.2, 0.25) is 5.91 Å². The van der Waals surface area contributed by atoms with Crippen molar-refractivity contribution in [2.45, 2.75) is 6.42 Å². The van der Waals surface area contributed by atoms with E-state index in [-0.39, 0.29) is 17.0 Å². The molecule has 2 heterocycles. The molecule has 0 spiro atoms. The number of aromatic nitrogens is 2. The molecule has 1 aromatic rings. The molecule has 1 aliphatic rings. The maximum Gasteiger partial charge on any atom is 0.228 e. The maximum absolute atomic E-state index is 11.8. The Labute approximate surface area is 104 Å². The van der Waals surface area contributed by atoms with E-state index < -0.39 is 0 Å². The second kappa shape index (κ2) is 4.85. The third-order valence-electron chi connectivity index (χ3n) is 2.74. The Bertz CT molecular complexity index is 440. The molecule has 0 saturated carbocycles. The molecule has 17 heavy (non-hydrogen) atoms. The number of methoxy groups -OCH3 is 1. The van der Waals surface area contributed by atoms with Gasteiger partial charge in [-0.25, -0.2) is 9.97 Å². The first-order valence-electron chi connectivity index (χ1n) is 5.22. The number of anilines is 1. The SMILES string of the molecule is COc1c(Cl)ncnc1N1CC(CN)CC1=O. The Morgan fingerprint density at radius 3 is 3.00 bits per heavy atom.